The van der Waals surface area contributed by atoms with Gasteiger partial charge in [0.25, 0.3) is 12.3 Å². The van der Waals surface area contributed by atoms with Gasteiger partial charge in [-0.05, 0) is 61.8 Å². The minimum Gasteiger partial charge on any atom is -0.447 e. The highest BCUT2D eigenvalue weighted by Crippen LogP contribution is 2.45. The lowest BCUT2D eigenvalue weighted by Gasteiger charge is -2.35. The number of hydrogen-bond donors (Lipinski definition) is 2. The molecule has 1 aliphatic carbocycles. The molecule has 12 nitrogen and oxygen atoms in total. The highest BCUT2D eigenvalue weighted by atomic mass is 35.5. The van der Waals surface area contributed by atoms with Gasteiger partial charge in [0, 0.05) is 17.2 Å². The van der Waals surface area contributed by atoms with Crippen molar-refractivity contribution in [3.63, 3.8) is 0 Å². The number of ether oxygens (including phenoxy) is 1. The average Bonchev–Trinajstić information content (AvgIpc) is 3.35. The molecule has 258 valence electrons. The van der Waals surface area contributed by atoms with Crippen molar-refractivity contribution in [2.45, 2.75) is 77.4 Å². The first-order valence-electron chi connectivity index (χ1n) is 15.8. The maximum Gasteiger partial charge on any atom is 0.407 e. The van der Waals surface area contributed by atoms with Gasteiger partial charge in [0.05, 0.1) is 22.4 Å². The van der Waals surface area contributed by atoms with Gasteiger partial charge in [-0.15, -0.1) is 0 Å². The number of amides is 2. The molecule has 49 heavy (non-hydrogen) atoms. The number of benzene rings is 2. The van der Waals surface area contributed by atoms with E-state index in [0.29, 0.717) is 16.9 Å². The number of alkyl carbamates (subject to hydrolysis) is 1. The van der Waals surface area contributed by atoms with Gasteiger partial charge >= 0.3 is 6.09 Å². The lowest BCUT2D eigenvalue weighted by molar-refractivity contribution is -0.135. The minimum atomic E-state index is -2.94. The van der Waals surface area contributed by atoms with E-state index in [2.05, 4.69) is 20.6 Å². The van der Waals surface area contributed by atoms with Crippen molar-refractivity contribution in [1.29, 1.82) is 0 Å². The number of guanidine groups is 1. The first-order valence-corrected chi connectivity index (χ1v) is 16.1. The van der Waals surface area contributed by atoms with Crippen LogP contribution in [0, 0.1) is 12.3 Å². The molecule has 0 spiro atoms. The molecule has 0 bridgehead atoms. The molecule has 3 heterocycles. The molecule has 2 aromatic heterocycles. The monoisotopic (exact) mass is 694 g/mol. The van der Waals surface area contributed by atoms with Crippen LogP contribution in [0.2, 0.25) is 5.02 Å². The van der Waals surface area contributed by atoms with Crippen LogP contribution in [0.4, 0.5) is 13.6 Å². The van der Waals surface area contributed by atoms with Crippen LogP contribution in [0.15, 0.2) is 64.4 Å². The average molecular weight is 695 g/mol. The van der Waals surface area contributed by atoms with Crippen LogP contribution in [0.1, 0.15) is 82.1 Å². The van der Waals surface area contributed by atoms with E-state index in [-0.39, 0.29) is 35.2 Å². The van der Waals surface area contributed by atoms with Crippen LogP contribution in [-0.2, 0) is 15.1 Å². The van der Waals surface area contributed by atoms with Crippen LogP contribution in [-0.4, -0.2) is 54.9 Å². The Morgan fingerprint density at radius 1 is 1.16 bits per heavy atom. The molecule has 2 aromatic carbocycles. The molecule has 1 saturated carbocycles. The van der Waals surface area contributed by atoms with Gasteiger partial charge in [-0.3, -0.25) is 9.69 Å². The summed E-state index contributed by atoms with van der Waals surface area (Å²) >= 11 is 6.48. The number of aryl methyl sites for hydroxylation is 1. The van der Waals surface area contributed by atoms with Crippen molar-refractivity contribution in [2.75, 3.05) is 6.61 Å². The van der Waals surface area contributed by atoms with Crippen molar-refractivity contribution in [3.05, 3.63) is 82.5 Å². The van der Waals surface area contributed by atoms with Crippen molar-refractivity contribution in [3.8, 4) is 17.0 Å². The lowest BCUT2D eigenvalue weighted by Crippen LogP contribution is -2.48. The predicted octanol–water partition coefficient (Wildman–Crippen LogP) is 6.63. The normalized spacial score (nSPS) is 19.2. The fourth-order valence-corrected chi connectivity index (χ4v) is 6.24. The van der Waals surface area contributed by atoms with E-state index in [1.165, 1.54) is 17.0 Å². The summed E-state index contributed by atoms with van der Waals surface area (Å²) in [5.41, 5.74) is 7.00. The van der Waals surface area contributed by atoms with Crippen LogP contribution in [0.3, 0.4) is 0 Å². The fourth-order valence-electron chi connectivity index (χ4n) is 6.04. The molecule has 6 rings (SSSR count). The number of rotatable bonds is 10. The molecule has 3 N–H and O–H groups in total. The molecule has 0 unspecified atom stereocenters. The summed E-state index contributed by atoms with van der Waals surface area (Å²) in [5, 5.41) is 10.9. The van der Waals surface area contributed by atoms with E-state index in [9.17, 15) is 18.4 Å². The van der Waals surface area contributed by atoms with E-state index < -0.39 is 41.2 Å². The van der Waals surface area contributed by atoms with E-state index in [1.54, 1.807) is 6.07 Å². The van der Waals surface area contributed by atoms with Gasteiger partial charge in [-0.25, -0.2) is 28.2 Å². The van der Waals surface area contributed by atoms with E-state index in [1.807, 2.05) is 65.0 Å². The standard InChI is InChI=1S/C34H37ClF2N8O4/c1-19-14-26(49-43-19)20-6-9-22(10-7-20)34(17-32(2,3)4)29(46)44(30(38)41-34)25(16-48-31(47)42-33(5)12-13-33)21-8-11-23(35)24(15-21)45-28(27(36)37)39-18-40-45/h6-11,14-15,18,25,27H,12-13,16-17H2,1-5H3,(H2,38,41)(H,42,47)/t25-,34-/m1/s1. The van der Waals surface area contributed by atoms with Crippen LogP contribution < -0.4 is 11.1 Å². The Bertz CT molecular complexity index is 1920. The number of carbonyl (C=O) groups excluding carboxylic acids is 2. The number of halogens is 3. The number of nitrogens with one attached hydrogen (secondary N) is 1. The molecule has 1 fully saturated rings. The third-order valence-corrected chi connectivity index (χ3v) is 8.95. The Kier molecular flexibility index (Phi) is 8.72. The molecule has 15 heteroatoms. The van der Waals surface area contributed by atoms with Crippen LogP contribution in [0.5, 0.6) is 0 Å². The van der Waals surface area contributed by atoms with E-state index >= 15 is 0 Å². The van der Waals surface area contributed by atoms with Gasteiger partial charge < -0.3 is 20.3 Å². The summed E-state index contributed by atoms with van der Waals surface area (Å²) < 4.78 is 39.7. The summed E-state index contributed by atoms with van der Waals surface area (Å²) in [7, 11) is 0. The number of alkyl halides is 2. The zero-order valence-electron chi connectivity index (χ0n) is 27.7. The topological polar surface area (TPSA) is 154 Å². The van der Waals surface area contributed by atoms with Crippen molar-refractivity contribution in [2.24, 2.45) is 16.1 Å². The quantitative estimate of drug-likeness (QED) is 0.188. The second-order valence-corrected chi connectivity index (χ2v) is 14.4. The second kappa shape index (κ2) is 12.6. The number of hydrogen-bond acceptors (Lipinski definition) is 9. The third kappa shape index (κ3) is 6.87. The Hall–Kier alpha value is -4.85. The zero-order valence-corrected chi connectivity index (χ0v) is 28.5. The fraction of sp³-hybridized carbons (Fsp3) is 0.412. The first kappa shape index (κ1) is 34.0. The number of carbonyl (C=O) groups is 2. The Balaban J connectivity index is 1.41. The largest absolute Gasteiger partial charge is 0.447 e. The summed E-state index contributed by atoms with van der Waals surface area (Å²) in [6.07, 6.45) is -0.703. The molecular formula is C34H37ClF2N8O4. The van der Waals surface area contributed by atoms with Gasteiger partial charge in [0.2, 0.25) is 0 Å². The Morgan fingerprint density at radius 3 is 2.49 bits per heavy atom. The predicted molar refractivity (Wildman–Crippen MR) is 177 cm³/mol. The van der Waals surface area contributed by atoms with Crippen molar-refractivity contribution < 1.29 is 27.6 Å². The van der Waals surface area contributed by atoms with Crippen LogP contribution in [0.25, 0.3) is 17.0 Å². The summed E-state index contributed by atoms with van der Waals surface area (Å²) in [4.78, 5) is 37.6. The van der Waals surface area contributed by atoms with Crippen molar-refractivity contribution in [1.82, 2.24) is 30.1 Å². The Morgan fingerprint density at radius 2 is 1.88 bits per heavy atom. The number of nitrogens with zero attached hydrogens (tertiary/aromatic N) is 6. The van der Waals surface area contributed by atoms with Gasteiger partial charge in [-0.2, -0.15) is 5.10 Å². The molecule has 0 saturated heterocycles. The van der Waals surface area contributed by atoms with Crippen LogP contribution >= 0.6 is 11.6 Å². The van der Waals surface area contributed by atoms with E-state index in [0.717, 1.165) is 35.1 Å². The van der Waals surface area contributed by atoms with Gasteiger partial charge in [-0.1, -0.05) is 67.9 Å². The first-order chi connectivity index (χ1) is 23.1. The molecule has 4 aromatic rings. The molecule has 2 amide bonds. The van der Waals surface area contributed by atoms with Gasteiger partial charge in [0.15, 0.2) is 23.1 Å². The molecular weight excluding hydrogens is 658 g/mol. The molecule has 0 radical (unpaired) electrons. The zero-order chi connectivity index (χ0) is 35.3. The molecule has 1 aliphatic heterocycles. The van der Waals surface area contributed by atoms with Crippen molar-refractivity contribution >= 4 is 29.6 Å². The Labute approximate surface area is 286 Å². The number of nitrogens with two attached hydrogens (primary N) is 1. The third-order valence-electron chi connectivity index (χ3n) is 8.63. The maximum atomic E-state index is 14.9. The highest BCUT2D eigenvalue weighted by Gasteiger charge is 2.53. The summed E-state index contributed by atoms with van der Waals surface area (Å²) in [6, 6.07) is 12.7. The van der Waals surface area contributed by atoms with Gasteiger partial charge in [0.1, 0.15) is 12.9 Å². The highest BCUT2D eigenvalue weighted by molar-refractivity contribution is 6.32. The SMILES string of the molecule is Cc1cc(-c2ccc([C@@]3(CC(C)(C)C)N=C(N)N([C@H](COC(=O)NC4(C)CC4)c4ccc(Cl)c(-n5ncnc5C(F)F)c4)C3=O)cc2)on1. The lowest BCUT2D eigenvalue weighted by atomic mass is 9.75. The number of aromatic nitrogens is 4. The smallest absolute Gasteiger partial charge is 0.407 e. The number of aliphatic imine (C=N–C) groups is 1. The second-order valence-electron chi connectivity index (χ2n) is 14.0. The molecule has 2 aliphatic rings. The summed E-state index contributed by atoms with van der Waals surface area (Å²) in [6.45, 7) is 9.38. The molecule has 2 atom stereocenters. The maximum absolute atomic E-state index is 14.9. The minimum absolute atomic E-state index is 0.0910. The van der Waals surface area contributed by atoms with E-state index in [4.69, 9.17) is 31.6 Å². The summed E-state index contributed by atoms with van der Waals surface area (Å²) in [5.74, 6) is -0.585.